The zero-order chi connectivity index (χ0) is 56.0. The largest absolute Gasteiger partial charge is 0.481 e. The van der Waals surface area contributed by atoms with E-state index >= 15 is 0 Å². The summed E-state index contributed by atoms with van der Waals surface area (Å²) < 4.78 is 12.2. The molecule has 0 saturated carbocycles. The van der Waals surface area contributed by atoms with E-state index in [-0.39, 0.29) is 20.2 Å². The Morgan fingerprint density at radius 2 is 1.25 bits per heavy atom. The lowest BCUT2D eigenvalue weighted by molar-refractivity contribution is -0.134. The predicted molar refractivity (Wildman–Crippen MR) is 312 cm³/mol. The molecule has 5 aromatic rings. The summed E-state index contributed by atoms with van der Waals surface area (Å²) in [6.07, 6.45) is 14.6. The minimum Gasteiger partial charge on any atom is -0.481 e. The minimum absolute atomic E-state index is 0. The fraction of sp³-hybridized carbons (Fsp3) is 0.532. The number of aliphatic carboxylic acids is 1. The first-order valence-corrected chi connectivity index (χ1v) is 28.9. The molecule has 13 rings (SSSR count). The highest BCUT2D eigenvalue weighted by Crippen LogP contribution is 2.42. The molecule has 6 aliphatic heterocycles. The number of hydrogen-bond acceptors (Lipinski definition) is 17. The van der Waals surface area contributed by atoms with Crippen molar-refractivity contribution in [2.75, 3.05) is 76.4 Å². The van der Waals surface area contributed by atoms with Crippen molar-refractivity contribution in [2.24, 2.45) is 11.8 Å². The van der Waals surface area contributed by atoms with Crippen molar-refractivity contribution >= 4 is 31.8 Å². The van der Waals surface area contributed by atoms with Crippen molar-refractivity contribution in [3.05, 3.63) is 123 Å². The first-order valence-electron chi connectivity index (χ1n) is 28.9. The molecule has 4 saturated heterocycles. The average Bonchev–Trinajstić information content (AvgIpc) is 4.44. The number of benzene rings is 2. The van der Waals surface area contributed by atoms with E-state index in [1.54, 1.807) is 6.20 Å². The number of carboxylic acid groups (broad SMARTS) is 1. The third-order valence-electron chi connectivity index (χ3n) is 16.7. The van der Waals surface area contributed by atoms with E-state index < -0.39 is 5.97 Å². The fourth-order valence-electron chi connectivity index (χ4n) is 12.3. The topological polar surface area (TPSA) is 213 Å². The summed E-state index contributed by atoms with van der Waals surface area (Å²) >= 11 is 0. The number of ketones is 1. The maximum Gasteiger partial charge on any atom is 0.318 e. The van der Waals surface area contributed by atoms with Crippen LogP contribution in [0.15, 0.2) is 72.9 Å². The molecule has 8 aliphatic rings. The Morgan fingerprint density at radius 3 is 1.80 bits per heavy atom. The predicted octanol–water partition coefficient (Wildman–Crippen LogP) is 7.90. The molecule has 425 valence electrons. The Labute approximate surface area is 480 Å². The van der Waals surface area contributed by atoms with Crippen molar-refractivity contribution in [1.29, 1.82) is 10.5 Å². The second-order valence-corrected chi connectivity index (χ2v) is 22.3. The minimum atomic E-state index is -0.833. The first kappa shape index (κ1) is 60.1. The number of rotatable bonds is 9. The fourth-order valence-corrected chi connectivity index (χ4v) is 12.3. The molecule has 4 fully saturated rings. The Balaban J connectivity index is 0.000000158. The van der Waals surface area contributed by atoms with Crippen molar-refractivity contribution in [1.82, 2.24) is 44.9 Å². The molecular weight excluding hydrogens is 1020 g/mol. The quantitative estimate of drug-likeness (QED) is 0.134. The number of anilines is 2. The molecular formula is C62H79BN13O5. The summed E-state index contributed by atoms with van der Waals surface area (Å²) in [5, 5.41) is 29.6. The van der Waals surface area contributed by atoms with Crippen molar-refractivity contribution in [3.8, 4) is 24.2 Å². The van der Waals surface area contributed by atoms with Crippen LogP contribution in [-0.4, -0.2) is 144 Å². The number of carbonyl (C=O) groups excluding carboxylic acids is 1. The van der Waals surface area contributed by atoms with E-state index in [9.17, 15) is 15.3 Å². The number of likely N-dealkylation sites (N-methyl/N-ethyl adjacent to an activating group) is 2. The summed E-state index contributed by atoms with van der Waals surface area (Å²) in [7, 11) is 4.32. The third-order valence-corrected chi connectivity index (χ3v) is 16.7. The van der Waals surface area contributed by atoms with Crippen LogP contribution in [0.5, 0.6) is 12.0 Å². The van der Waals surface area contributed by atoms with Crippen molar-refractivity contribution < 1.29 is 24.2 Å². The Kier molecular flexibility index (Phi) is 21.6. The number of nitrogens with zero attached hydrogens (tertiary/aromatic N) is 12. The van der Waals surface area contributed by atoms with Gasteiger partial charge in [0.15, 0.2) is 5.78 Å². The monoisotopic (exact) mass is 1100 g/mol. The van der Waals surface area contributed by atoms with Crippen LogP contribution in [0.2, 0.25) is 0 Å². The number of Topliss-reactive ketones (excluding diaryl/α,β-unsaturated/α-hetero) is 1. The van der Waals surface area contributed by atoms with Crippen LogP contribution in [0, 0.1) is 41.4 Å². The average molecular weight is 1100 g/mol. The lowest BCUT2D eigenvalue weighted by atomic mass is 9.99. The van der Waals surface area contributed by atoms with Crippen LogP contribution in [0.4, 0.5) is 11.6 Å². The number of nitrogens with one attached hydrogen (secondary N) is 1. The molecule has 2 aliphatic carbocycles. The second-order valence-electron chi connectivity index (χ2n) is 22.3. The molecule has 3 aromatic heterocycles. The van der Waals surface area contributed by atoms with Gasteiger partial charge < -0.3 is 39.5 Å². The number of pyridine rings is 1. The number of carbonyl (C=O) groups is 2. The number of ether oxygens (including phenoxy) is 2. The molecule has 9 heterocycles. The Hall–Kier alpha value is -7.03. The summed E-state index contributed by atoms with van der Waals surface area (Å²) in [6.45, 7) is 13.3. The van der Waals surface area contributed by atoms with Crippen LogP contribution in [-0.2, 0) is 43.8 Å². The van der Waals surface area contributed by atoms with Crippen molar-refractivity contribution in [3.63, 3.8) is 0 Å². The van der Waals surface area contributed by atoms with E-state index in [1.807, 2.05) is 49.4 Å². The second kappa shape index (κ2) is 29.1. The van der Waals surface area contributed by atoms with Gasteiger partial charge in [-0.3, -0.25) is 19.5 Å². The molecule has 0 spiro atoms. The molecule has 81 heavy (non-hydrogen) atoms. The highest BCUT2D eigenvalue weighted by Gasteiger charge is 2.37. The molecule has 0 bridgehead atoms. The molecule has 1 unspecified atom stereocenters. The van der Waals surface area contributed by atoms with E-state index in [1.165, 1.54) is 53.5 Å². The molecule has 18 nitrogen and oxygen atoms in total. The zero-order valence-electron chi connectivity index (χ0n) is 47.8. The number of fused-ring (bicyclic) bond motifs is 4. The van der Waals surface area contributed by atoms with Gasteiger partial charge in [-0.05, 0) is 134 Å². The Bertz CT molecular complexity index is 2990. The normalized spacial score (nSPS) is 22.4. The standard InChI is InChI=1S/C27H34N6O.C18H26N6O.C9H8O.C6H7N.C2H4O2.B/c1-31-12-5-8-21(31)18-34-27-29-24-17-33(25-11-10-20-7-2-3-9-22(20)25)16-23(24)26(30-27)32-13-4-6-19(14-28)15-32;1-23-6-3-5-14(23)12-25-18-21-16-10-20-9-15(16)17(22-18)24-7-2-4-13(8-19)11-24;10-9-6-5-7-3-1-2-4-8(7)9;1-6-4-2-3-5-7-6;1-2(3)4;/h2-3,7,9,19,21,25H,4-6,8,10-13,15-18H2,1H3;13-14,20H,2-7,9-12H2,1H3;1-4H,5-6H2;2-5H,1H3;1H3,(H,3,4);/t19-,21-,25?;13-,14-;;;;/m00..../s1. The number of nitriles is 2. The molecule has 5 atom stereocenters. The molecule has 2 aromatic carbocycles. The van der Waals surface area contributed by atoms with Crippen LogP contribution in [0.3, 0.4) is 0 Å². The van der Waals surface area contributed by atoms with Gasteiger partial charge >= 0.3 is 12.0 Å². The SMILES string of the molecule is CC(=O)O.CN1CCC[C@H]1COc1nc2c(c(N3CCC[C@@H](C#N)C3)n1)CN(C1CCc3ccccc31)C2.CN1CCC[C@H]1COc1nc2c(c(N3CCC[C@@H](C#N)C3)n1)CNC2.Cc1ccccn1.O=C1CCc2ccccc21.[B]. The number of aryl methyl sites for hydroxylation is 3. The molecule has 19 heteroatoms. The van der Waals surface area contributed by atoms with E-state index in [4.69, 9.17) is 34.3 Å². The van der Waals surface area contributed by atoms with Gasteiger partial charge in [-0.25, -0.2) is 0 Å². The van der Waals surface area contributed by atoms with Gasteiger partial charge in [-0.1, -0.05) is 54.6 Å². The number of carboxylic acids is 1. The summed E-state index contributed by atoms with van der Waals surface area (Å²) in [6, 6.07) is 29.8. The van der Waals surface area contributed by atoms with Gasteiger partial charge in [0, 0.05) is 121 Å². The molecule has 0 amide bonds. The smallest absolute Gasteiger partial charge is 0.318 e. The van der Waals surface area contributed by atoms with Crippen LogP contribution in [0.25, 0.3) is 0 Å². The summed E-state index contributed by atoms with van der Waals surface area (Å²) in [4.78, 5) is 55.2. The van der Waals surface area contributed by atoms with E-state index in [0.717, 1.165) is 152 Å². The van der Waals surface area contributed by atoms with Gasteiger partial charge in [-0.15, -0.1) is 0 Å². The van der Waals surface area contributed by atoms with Gasteiger partial charge in [0.25, 0.3) is 5.97 Å². The van der Waals surface area contributed by atoms with Crippen LogP contribution >= 0.6 is 0 Å². The van der Waals surface area contributed by atoms with E-state index in [0.29, 0.717) is 55.6 Å². The molecule has 3 radical (unpaired) electrons. The molecule has 2 N–H and O–H groups in total. The van der Waals surface area contributed by atoms with Crippen LogP contribution in [0.1, 0.15) is 132 Å². The number of piperidine rings is 2. The van der Waals surface area contributed by atoms with E-state index in [2.05, 4.69) is 90.3 Å². The van der Waals surface area contributed by atoms with Crippen LogP contribution < -0.4 is 24.6 Å². The number of hydrogen-bond donors (Lipinski definition) is 2. The maximum atomic E-state index is 11.1. The Morgan fingerprint density at radius 1 is 0.679 bits per heavy atom. The first-order chi connectivity index (χ1) is 38.9. The summed E-state index contributed by atoms with van der Waals surface area (Å²) in [5.41, 5.74) is 10.7. The third kappa shape index (κ3) is 15.7. The van der Waals surface area contributed by atoms with Gasteiger partial charge in [0.2, 0.25) is 0 Å². The van der Waals surface area contributed by atoms with Gasteiger partial charge in [-0.2, -0.15) is 30.5 Å². The maximum absolute atomic E-state index is 11.1. The lowest BCUT2D eigenvalue weighted by Gasteiger charge is -2.32. The van der Waals surface area contributed by atoms with Gasteiger partial charge in [0.05, 0.1) is 35.4 Å². The highest BCUT2D eigenvalue weighted by molar-refractivity contribution is 6.00. The summed E-state index contributed by atoms with van der Waals surface area (Å²) in [5.74, 6) is 1.58. The zero-order valence-corrected chi connectivity index (χ0v) is 47.8. The van der Waals surface area contributed by atoms with Crippen molar-refractivity contribution in [2.45, 2.75) is 135 Å². The highest BCUT2D eigenvalue weighted by atomic mass is 16.5. The lowest BCUT2D eigenvalue weighted by Crippen LogP contribution is -2.36. The number of aromatic nitrogens is 5. The van der Waals surface area contributed by atoms with Gasteiger partial charge in [0.1, 0.15) is 24.8 Å². The number of likely N-dealkylation sites (tertiary alicyclic amines) is 2.